The van der Waals surface area contributed by atoms with Crippen LogP contribution in [0.3, 0.4) is 0 Å². The summed E-state index contributed by atoms with van der Waals surface area (Å²) in [6.45, 7) is 2.69. The molecule has 6 nitrogen and oxygen atoms in total. The van der Waals surface area contributed by atoms with E-state index in [0.717, 1.165) is 37.1 Å². The molecule has 0 amide bonds. The van der Waals surface area contributed by atoms with Gasteiger partial charge in [-0.25, -0.2) is 0 Å². The molecule has 2 aromatic carbocycles. The van der Waals surface area contributed by atoms with Gasteiger partial charge >= 0.3 is 10.1 Å². The fraction of sp³-hybridized carbons (Fsp3) is 0.333. The van der Waals surface area contributed by atoms with Crippen molar-refractivity contribution in [1.29, 1.82) is 0 Å². The van der Waals surface area contributed by atoms with E-state index in [0.29, 0.717) is 45.6 Å². The van der Waals surface area contributed by atoms with E-state index >= 15 is 0 Å². The van der Waals surface area contributed by atoms with Gasteiger partial charge in [0, 0.05) is 62.9 Å². The summed E-state index contributed by atoms with van der Waals surface area (Å²) in [6.07, 6.45) is 3.79. The zero-order chi connectivity index (χ0) is 25.6. The van der Waals surface area contributed by atoms with E-state index in [1.165, 1.54) is 24.3 Å². The number of ketones is 2. The standard InChI is InChI=1S/C27H25BrClNO5S/c1-2-30-20-5-3-7-22(31)26(20)25(27-21(30)6-4-8-23(27)32)19-15-16(28)9-14-24(19)35-36(33,34)18-12-10-17(29)11-13-18/h9-15,25H,2-8H2,1H3. The minimum atomic E-state index is -4.19. The summed E-state index contributed by atoms with van der Waals surface area (Å²) in [5, 5.41) is 0.409. The molecule has 2 aliphatic carbocycles. The third-order valence-corrected chi connectivity index (χ3v) is 8.98. The highest BCUT2D eigenvalue weighted by atomic mass is 79.9. The molecule has 36 heavy (non-hydrogen) atoms. The number of halogens is 2. The Labute approximate surface area is 224 Å². The quantitative estimate of drug-likeness (QED) is 0.380. The molecule has 1 aliphatic heterocycles. The van der Waals surface area contributed by atoms with Gasteiger partial charge in [0.1, 0.15) is 10.6 Å². The van der Waals surface area contributed by atoms with Crippen molar-refractivity contribution in [1.82, 2.24) is 4.90 Å². The van der Waals surface area contributed by atoms with E-state index < -0.39 is 16.0 Å². The van der Waals surface area contributed by atoms with Gasteiger partial charge in [-0.2, -0.15) is 8.42 Å². The lowest BCUT2D eigenvalue weighted by Crippen LogP contribution is -2.39. The highest BCUT2D eigenvalue weighted by Gasteiger charge is 2.44. The fourth-order valence-corrected chi connectivity index (χ4v) is 6.96. The molecule has 0 radical (unpaired) electrons. The van der Waals surface area contributed by atoms with Gasteiger partial charge in [-0.3, -0.25) is 9.59 Å². The fourth-order valence-electron chi connectivity index (χ4n) is 5.50. The van der Waals surface area contributed by atoms with Gasteiger partial charge in [0.05, 0.1) is 0 Å². The first-order valence-corrected chi connectivity index (χ1v) is 14.6. The number of carbonyl (C=O) groups excluding carboxylic acids is 2. The van der Waals surface area contributed by atoms with Gasteiger partial charge in [0.15, 0.2) is 11.6 Å². The maximum absolute atomic E-state index is 13.4. The minimum Gasteiger partial charge on any atom is -0.379 e. The maximum Gasteiger partial charge on any atom is 0.339 e. The van der Waals surface area contributed by atoms with Crippen LogP contribution in [0.15, 0.2) is 74.4 Å². The van der Waals surface area contributed by atoms with E-state index in [2.05, 4.69) is 20.8 Å². The van der Waals surface area contributed by atoms with Crippen LogP contribution in [-0.2, 0) is 19.7 Å². The maximum atomic E-state index is 13.4. The predicted octanol–water partition coefficient (Wildman–Crippen LogP) is 6.30. The number of Topliss-reactive ketones (excluding diaryl/α,β-unsaturated/α-hetero) is 2. The summed E-state index contributed by atoms with van der Waals surface area (Å²) in [6, 6.07) is 10.7. The molecular weight excluding hydrogens is 566 g/mol. The second kappa shape index (κ2) is 9.80. The van der Waals surface area contributed by atoms with Crippen LogP contribution < -0.4 is 4.18 Å². The number of hydrogen-bond donors (Lipinski definition) is 0. The Bertz CT molecular complexity index is 1380. The number of allylic oxidation sites excluding steroid dienone is 4. The topological polar surface area (TPSA) is 80.8 Å². The Morgan fingerprint density at radius 3 is 2.08 bits per heavy atom. The molecule has 1 heterocycles. The normalized spacial score (nSPS) is 18.9. The molecule has 9 heteroatoms. The molecule has 0 bridgehead atoms. The van der Waals surface area contributed by atoms with Crippen LogP contribution in [-0.4, -0.2) is 31.4 Å². The van der Waals surface area contributed by atoms with Crippen molar-refractivity contribution in [2.75, 3.05) is 6.54 Å². The van der Waals surface area contributed by atoms with Crippen molar-refractivity contribution in [2.45, 2.75) is 56.3 Å². The van der Waals surface area contributed by atoms with Crippen LogP contribution in [0.25, 0.3) is 0 Å². The van der Waals surface area contributed by atoms with E-state index in [9.17, 15) is 18.0 Å². The van der Waals surface area contributed by atoms with Crippen LogP contribution in [0.1, 0.15) is 56.9 Å². The Hall–Kier alpha value is -2.42. The summed E-state index contributed by atoms with van der Waals surface area (Å²) in [5.74, 6) is -0.586. The molecule has 3 aliphatic rings. The molecule has 0 N–H and O–H groups in total. The Morgan fingerprint density at radius 2 is 1.53 bits per heavy atom. The molecule has 5 rings (SSSR count). The molecule has 0 spiro atoms. The van der Waals surface area contributed by atoms with Crippen molar-refractivity contribution in [3.05, 3.63) is 80.1 Å². The molecule has 0 atom stereocenters. The lowest BCUT2D eigenvalue weighted by Gasteiger charge is -2.43. The van der Waals surface area contributed by atoms with Gasteiger partial charge < -0.3 is 9.08 Å². The number of hydrogen-bond acceptors (Lipinski definition) is 6. The van der Waals surface area contributed by atoms with Crippen molar-refractivity contribution in [3.63, 3.8) is 0 Å². The largest absolute Gasteiger partial charge is 0.379 e. The predicted molar refractivity (Wildman–Crippen MR) is 140 cm³/mol. The van der Waals surface area contributed by atoms with Crippen LogP contribution in [0, 0.1) is 0 Å². The Morgan fingerprint density at radius 1 is 0.944 bits per heavy atom. The Kier molecular flexibility index (Phi) is 6.87. The highest BCUT2D eigenvalue weighted by molar-refractivity contribution is 9.10. The first kappa shape index (κ1) is 25.2. The first-order chi connectivity index (χ1) is 17.2. The van der Waals surface area contributed by atoms with Crippen LogP contribution in [0.2, 0.25) is 5.02 Å². The van der Waals surface area contributed by atoms with E-state index in [1.807, 2.05) is 6.92 Å². The number of benzene rings is 2. The second-order valence-electron chi connectivity index (χ2n) is 9.12. The number of nitrogens with zero attached hydrogens (tertiary/aromatic N) is 1. The molecule has 188 valence electrons. The molecule has 2 aromatic rings. The van der Waals surface area contributed by atoms with Crippen molar-refractivity contribution < 1.29 is 22.2 Å². The molecule has 0 aromatic heterocycles. The Balaban J connectivity index is 1.70. The third-order valence-electron chi connectivity index (χ3n) is 6.99. The van der Waals surface area contributed by atoms with Crippen molar-refractivity contribution in [3.8, 4) is 5.75 Å². The minimum absolute atomic E-state index is 0.00360. The summed E-state index contributed by atoms with van der Waals surface area (Å²) in [4.78, 5) is 28.9. The number of carbonyl (C=O) groups is 2. The zero-order valence-electron chi connectivity index (χ0n) is 19.7. The van der Waals surface area contributed by atoms with Gasteiger partial charge in [-0.15, -0.1) is 0 Å². The van der Waals surface area contributed by atoms with Crippen LogP contribution in [0.5, 0.6) is 5.75 Å². The second-order valence-corrected chi connectivity index (χ2v) is 12.0. The van der Waals surface area contributed by atoms with E-state index in [1.54, 1.807) is 18.2 Å². The zero-order valence-corrected chi connectivity index (χ0v) is 22.9. The highest BCUT2D eigenvalue weighted by Crippen LogP contribution is 2.51. The lowest BCUT2D eigenvalue weighted by molar-refractivity contribution is -0.117. The number of rotatable bonds is 5. The van der Waals surface area contributed by atoms with Crippen molar-refractivity contribution >= 4 is 49.2 Å². The summed E-state index contributed by atoms with van der Waals surface area (Å²) in [7, 11) is -4.19. The molecule has 0 fully saturated rings. The lowest BCUT2D eigenvalue weighted by atomic mass is 9.71. The average molecular weight is 591 g/mol. The summed E-state index contributed by atoms with van der Waals surface area (Å²) in [5.41, 5.74) is 3.55. The average Bonchev–Trinajstić information content (AvgIpc) is 2.84. The van der Waals surface area contributed by atoms with Gasteiger partial charge in [0.2, 0.25) is 0 Å². The first-order valence-electron chi connectivity index (χ1n) is 12.0. The van der Waals surface area contributed by atoms with E-state index in [-0.39, 0.29) is 22.2 Å². The van der Waals surface area contributed by atoms with Crippen molar-refractivity contribution in [2.24, 2.45) is 0 Å². The molecule has 0 unspecified atom stereocenters. The van der Waals surface area contributed by atoms with E-state index in [4.69, 9.17) is 15.8 Å². The van der Waals surface area contributed by atoms with Crippen LogP contribution >= 0.6 is 27.5 Å². The SMILES string of the molecule is CCN1C2=C(C(=O)CCC2)C(c2cc(Br)ccc2OS(=O)(=O)c2ccc(Cl)cc2)C2=C1CCCC2=O. The van der Waals surface area contributed by atoms with Crippen LogP contribution in [0.4, 0.5) is 0 Å². The summed E-state index contributed by atoms with van der Waals surface area (Å²) >= 11 is 9.42. The smallest absolute Gasteiger partial charge is 0.339 e. The third kappa shape index (κ3) is 4.44. The van der Waals surface area contributed by atoms with Gasteiger partial charge in [-0.1, -0.05) is 27.5 Å². The molecule has 0 saturated heterocycles. The monoisotopic (exact) mass is 589 g/mol. The molecule has 0 saturated carbocycles. The summed E-state index contributed by atoms with van der Waals surface area (Å²) < 4.78 is 32.7. The van der Waals surface area contributed by atoms with Gasteiger partial charge in [-0.05, 0) is 75.1 Å². The van der Waals surface area contributed by atoms with Gasteiger partial charge in [0.25, 0.3) is 0 Å². The molecular formula is C27H25BrClNO5S.